The average molecular weight is 613 g/mol. The van der Waals surface area contributed by atoms with Crippen molar-refractivity contribution in [1.82, 2.24) is 35.5 Å². The number of aromatic nitrogens is 6. The van der Waals surface area contributed by atoms with Crippen LogP contribution in [0.25, 0.3) is 33.7 Å². The molecular formula is C26H23BrClN7O4. The number of carbonyl (C=O) groups excluding carboxylic acids is 2. The van der Waals surface area contributed by atoms with Gasteiger partial charge in [-0.25, -0.2) is 10.1 Å². The van der Waals surface area contributed by atoms with E-state index >= 15 is 0 Å². The van der Waals surface area contributed by atoms with Crippen LogP contribution >= 0.6 is 27.5 Å². The SMILES string of the molecule is CCOC(=O)CNC(=O)c1c(Cl)nc(CC)n1Cc1ccc2oc(-c3ccccc3-c3nnn[nH]3)c(Br)c2c1. The Bertz CT molecular complexity index is 1660. The van der Waals surface area contributed by atoms with Gasteiger partial charge in [-0.2, -0.15) is 0 Å². The smallest absolute Gasteiger partial charge is 0.325 e. The molecule has 2 aromatic carbocycles. The maximum absolute atomic E-state index is 13.0. The monoisotopic (exact) mass is 611 g/mol. The van der Waals surface area contributed by atoms with Gasteiger partial charge in [-0.3, -0.25) is 9.59 Å². The van der Waals surface area contributed by atoms with Crippen LogP contribution in [0, 0.1) is 0 Å². The molecule has 0 radical (unpaired) electrons. The first-order valence-corrected chi connectivity index (χ1v) is 13.3. The summed E-state index contributed by atoms with van der Waals surface area (Å²) in [5, 5.41) is 17.7. The number of ether oxygens (including phenoxy) is 1. The quantitative estimate of drug-likeness (QED) is 0.226. The fraction of sp³-hybridized carbons (Fsp3) is 0.231. The molecule has 13 heteroatoms. The average Bonchev–Trinajstić information content (AvgIpc) is 3.66. The highest BCUT2D eigenvalue weighted by molar-refractivity contribution is 9.10. The summed E-state index contributed by atoms with van der Waals surface area (Å²) in [6.07, 6.45) is 0.556. The number of hydrogen-bond acceptors (Lipinski definition) is 8. The zero-order valence-electron chi connectivity index (χ0n) is 21.0. The standard InChI is InChI=1S/C26H23BrClN7O4/c1-3-19-30-24(28)22(26(37)29-12-20(36)38-4-2)35(19)13-14-9-10-18-17(11-14)21(27)23(39-18)15-7-5-6-8-16(15)25-31-33-34-32-25/h5-11H,3-4,12-13H2,1-2H3,(H,29,37)(H,31,32,33,34). The van der Waals surface area contributed by atoms with Crippen LogP contribution < -0.4 is 5.32 Å². The number of nitrogens with zero attached hydrogens (tertiary/aromatic N) is 5. The summed E-state index contributed by atoms with van der Waals surface area (Å²) in [5.41, 5.74) is 3.36. The van der Waals surface area contributed by atoms with Gasteiger partial charge in [0, 0.05) is 29.5 Å². The number of aryl methyl sites for hydroxylation is 1. The third kappa shape index (κ3) is 5.30. The molecule has 0 atom stereocenters. The number of aromatic amines is 1. The minimum atomic E-state index is -0.532. The number of H-pyrrole nitrogens is 1. The molecule has 200 valence electrons. The number of tetrazole rings is 1. The molecule has 0 aliphatic carbocycles. The molecule has 0 aliphatic heterocycles. The summed E-state index contributed by atoms with van der Waals surface area (Å²) >= 11 is 10.1. The van der Waals surface area contributed by atoms with E-state index in [-0.39, 0.29) is 24.0 Å². The minimum absolute atomic E-state index is 0.0691. The Kier molecular flexibility index (Phi) is 7.75. The van der Waals surface area contributed by atoms with Crippen molar-refractivity contribution in [2.45, 2.75) is 26.8 Å². The van der Waals surface area contributed by atoms with Gasteiger partial charge in [0.25, 0.3) is 5.91 Å². The predicted molar refractivity (Wildman–Crippen MR) is 147 cm³/mol. The molecule has 11 nitrogen and oxygen atoms in total. The second kappa shape index (κ2) is 11.4. The fourth-order valence-corrected chi connectivity index (χ4v) is 5.19. The summed E-state index contributed by atoms with van der Waals surface area (Å²) < 4.78 is 13.7. The predicted octanol–water partition coefficient (Wildman–Crippen LogP) is 4.80. The first-order chi connectivity index (χ1) is 18.9. The molecule has 1 amide bonds. The highest BCUT2D eigenvalue weighted by Gasteiger charge is 2.23. The summed E-state index contributed by atoms with van der Waals surface area (Å²) in [5.74, 6) is 0.759. The molecule has 39 heavy (non-hydrogen) atoms. The van der Waals surface area contributed by atoms with Gasteiger partial charge >= 0.3 is 5.97 Å². The number of benzene rings is 2. The normalized spacial score (nSPS) is 11.2. The van der Waals surface area contributed by atoms with Crippen molar-refractivity contribution in [3.05, 3.63) is 69.2 Å². The van der Waals surface area contributed by atoms with E-state index in [1.165, 1.54) is 0 Å². The molecular weight excluding hydrogens is 590 g/mol. The Morgan fingerprint density at radius 1 is 1.18 bits per heavy atom. The van der Waals surface area contributed by atoms with Gasteiger partial charge in [-0.15, -0.1) is 5.10 Å². The van der Waals surface area contributed by atoms with Crippen molar-refractivity contribution < 1.29 is 18.7 Å². The maximum Gasteiger partial charge on any atom is 0.325 e. The van der Waals surface area contributed by atoms with Crippen molar-refractivity contribution >= 4 is 50.4 Å². The third-order valence-corrected chi connectivity index (χ3v) is 7.09. The van der Waals surface area contributed by atoms with Crippen LogP contribution in [-0.2, 0) is 22.5 Å². The van der Waals surface area contributed by atoms with Crippen molar-refractivity contribution in [3.8, 4) is 22.7 Å². The summed E-state index contributed by atoms with van der Waals surface area (Å²) in [7, 11) is 0. The zero-order chi connectivity index (χ0) is 27.5. The molecule has 0 aliphatic rings. The van der Waals surface area contributed by atoms with E-state index in [2.05, 4.69) is 46.9 Å². The van der Waals surface area contributed by atoms with E-state index in [0.29, 0.717) is 36.0 Å². The Labute approximate surface area is 236 Å². The van der Waals surface area contributed by atoms with E-state index in [0.717, 1.165) is 26.5 Å². The van der Waals surface area contributed by atoms with Crippen LogP contribution in [0.5, 0.6) is 0 Å². The Balaban J connectivity index is 1.48. The van der Waals surface area contributed by atoms with Crippen molar-refractivity contribution in [3.63, 3.8) is 0 Å². The third-order valence-electron chi connectivity index (χ3n) is 6.04. The van der Waals surface area contributed by atoms with Gasteiger partial charge in [-0.1, -0.05) is 48.9 Å². The number of esters is 1. The van der Waals surface area contributed by atoms with Crippen molar-refractivity contribution in [2.24, 2.45) is 0 Å². The fourth-order valence-electron chi connectivity index (χ4n) is 4.30. The van der Waals surface area contributed by atoms with Crippen LogP contribution in [0.1, 0.15) is 35.7 Å². The van der Waals surface area contributed by atoms with Crippen LogP contribution in [0.2, 0.25) is 5.15 Å². The lowest BCUT2D eigenvalue weighted by molar-refractivity contribution is -0.141. The molecule has 0 fully saturated rings. The highest BCUT2D eigenvalue weighted by Crippen LogP contribution is 2.41. The Hall–Kier alpha value is -4.03. The number of carbonyl (C=O) groups is 2. The lowest BCUT2D eigenvalue weighted by atomic mass is 10.0. The van der Waals surface area contributed by atoms with E-state index in [4.69, 9.17) is 20.8 Å². The van der Waals surface area contributed by atoms with Crippen molar-refractivity contribution in [1.29, 1.82) is 0 Å². The number of amides is 1. The van der Waals surface area contributed by atoms with E-state index < -0.39 is 11.9 Å². The molecule has 5 rings (SSSR count). The largest absolute Gasteiger partial charge is 0.465 e. The number of halogens is 2. The first kappa shape index (κ1) is 26.6. The summed E-state index contributed by atoms with van der Waals surface area (Å²) in [4.78, 5) is 29.1. The number of furan rings is 1. The number of hydrogen-bond donors (Lipinski definition) is 2. The molecule has 5 aromatic rings. The topological polar surface area (TPSA) is 141 Å². The van der Waals surface area contributed by atoms with Crippen LogP contribution in [0.4, 0.5) is 0 Å². The van der Waals surface area contributed by atoms with Gasteiger partial charge in [0.2, 0.25) is 0 Å². The van der Waals surface area contributed by atoms with Crippen LogP contribution in [0.3, 0.4) is 0 Å². The highest BCUT2D eigenvalue weighted by atomic mass is 79.9. The van der Waals surface area contributed by atoms with Crippen LogP contribution in [-0.4, -0.2) is 55.2 Å². The Morgan fingerprint density at radius 2 is 1.97 bits per heavy atom. The molecule has 0 saturated heterocycles. The Morgan fingerprint density at radius 3 is 2.69 bits per heavy atom. The molecule has 0 spiro atoms. The van der Waals surface area contributed by atoms with E-state index in [1.807, 2.05) is 49.4 Å². The lowest BCUT2D eigenvalue weighted by Crippen LogP contribution is -2.32. The van der Waals surface area contributed by atoms with Gasteiger partial charge in [0.15, 0.2) is 11.0 Å². The number of rotatable bonds is 9. The molecule has 0 saturated carbocycles. The van der Waals surface area contributed by atoms with Gasteiger partial charge in [-0.05, 0) is 51.0 Å². The lowest BCUT2D eigenvalue weighted by Gasteiger charge is -2.12. The second-order valence-electron chi connectivity index (χ2n) is 8.47. The summed E-state index contributed by atoms with van der Waals surface area (Å²) in [6.45, 7) is 3.92. The number of nitrogens with one attached hydrogen (secondary N) is 2. The van der Waals surface area contributed by atoms with Gasteiger partial charge < -0.3 is 19.0 Å². The minimum Gasteiger partial charge on any atom is -0.465 e. The van der Waals surface area contributed by atoms with E-state index in [9.17, 15) is 9.59 Å². The number of imidazole rings is 1. The van der Waals surface area contributed by atoms with Crippen LogP contribution in [0.15, 0.2) is 51.4 Å². The summed E-state index contributed by atoms with van der Waals surface area (Å²) in [6, 6.07) is 13.4. The first-order valence-electron chi connectivity index (χ1n) is 12.1. The van der Waals surface area contributed by atoms with Crippen molar-refractivity contribution in [2.75, 3.05) is 13.2 Å². The second-order valence-corrected chi connectivity index (χ2v) is 9.62. The molecule has 0 bridgehead atoms. The zero-order valence-corrected chi connectivity index (χ0v) is 23.3. The molecule has 0 unspecified atom stereocenters. The number of fused-ring (bicyclic) bond motifs is 1. The molecule has 3 heterocycles. The van der Waals surface area contributed by atoms with Gasteiger partial charge in [0.05, 0.1) is 11.1 Å². The molecule has 2 N–H and O–H groups in total. The van der Waals surface area contributed by atoms with E-state index in [1.54, 1.807) is 11.5 Å². The van der Waals surface area contributed by atoms with Gasteiger partial charge in [0.1, 0.15) is 29.4 Å². The maximum atomic E-state index is 13.0. The molecule has 3 aromatic heterocycles.